The van der Waals surface area contributed by atoms with Crippen molar-refractivity contribution in [2.45, 2.75) is 0 Å². The van der Waals surface area contributed by atoms with Crippen LogP contribution in [-0.2, 0) is 0 Å². The van der Waals surface area contributed by atoms with E-state index in [9.17, 15) is 0 Å². The van der Waals surface area contributed by atoms with E-state index in [-0.39, 0.29) is 0 Å². The summed E-state index contributed by atoms with van der Waals surface area (Å²) in [6, 6.07) is 20.5. The summed E-state index contributed by atoms with van der Waals surface area (Å²) < 4.78 is 0. The predicted octanol–water partition coefficient (Wildman–Crippen LogP) is 5.34. The van der Waals surface area contributed by atoms with Crippen LogP contribution in [0.15, 0.2) is 66.0 Å². The van der Waals surface area contributed by atoms with Gasteiger partial charge in [0.25, 0.3) is 0 Å². The minimum absolute atomic E-state index is 0.780. The fourth-order valence-electron chi connectivity index (χ4n) is 3.67. The molecular weight excluding hydrogens is 388 g/mol. The van der Waals surface area contributed by atoms with Gasteiger partial charge in [-0.3, -0.25) is 0 Å². The fourth-order valence-corrected chi connectivity index (χ4v) is 4.51. The number of benzene rings is 2. The number of hydrogen-bond donors (Lipinski definition) is 0. The van der Waals surface area contributed by atoms with Gasteiger partial charge in [-0.2, -0.15) is 0 Å². The van der Waals surface area contributed by atoms with Gasteiger partial charge in [-0.05, 0) is 41.8 Å². The van der Waals surface area contributed by atoms with E-state index in [0.717, 1.165) is 58.6 Å². The normalized spacial score (nSPS) is 14.6. The van der Waals surface area contributed by atoms with E-state index >= 15 is 0 Å². The highest BCUT2D eigenvalue weighted by molar-refractivity contribution is 7.13. The van der Waals surface area contributed by atoms with Gasteiger partial charge in [0.05, 0.1) is 10.4 Å². The van der Waals surface area contributed by atoms with E-state index in [2.05, 4.69) is 45.5 Å². The predicted molar refractivity (Wildman–Crippen MR) is 119 cm³/mol. The van der Waals surface area contributed by atoms with Gasteiger partial charge in [0, 0.05) is 42.3 Å². The molecule has 1 fully saturated rings. The average molecular weight is 407 g/mol. The number of rotatable bonds is 3. The molecule has 1 aliphatic heterocycles. The molecule has 0 amide bonds. The van der Waals surface area contributed by atoms with Gasteiger partial charge in [0.2, 0.25) is 0 Å². The van der Waals surface area contributed by atoms with Gasteiger partial charge in [0.1, 0.15) is 5.82 Å². The average Bonchev–Trinajstić information content (AvgIpc) is 3.28. The number of fused-ring (bicyclic) bond motifs is 1. The summed E-state index contributed by atoms with van der Waals surface area (Å²) in [6.45, 7) is 3.70. The summed E-state index contributed by atoms with van der Waals surface area (Å²) in [5.41, 5.74) is 2.17. The molecule has 0 aliphatic carbocycles. The SMILES string of the molecule is Clc1cccc(N2CCN(c3nc(-c4cccs4)nc4ccccc34)CC2)c1. The number of para-hydroxylation sites is 1. The summed E-state index contributed by atoms with van der Waals surface area (Å²) >= 11 is 7.84. The lowest BCUT2D eigenvalue weighted by Crippen LogP contribution is -2.47. The lowest BCUT2D eigenvalue weighted by molar-refractivity contribution is 0.649. The molecule has 0 radical (unpaired) electrons. The molecule has 5 rings (SSSR count). The van der Waals surface area contributed by atoms with Crippen molar-refractivity contribution in [1.29, 1.82) is 0 Å². The summed E-state index contributed by atoms with van der Waals surface area (Å²) in [5.74, 6) is 1.83. The quantitative estimate of drug-likeness (QED) is 0.459. The molecule has 140 valence electrons. The molecule has 4 nitrogen and oxygen atoms in total. The van der Waals surface area contributed by atoms with Crippen molar-refractivity contribution in [2.24, 2.45) is 0 Å². The molecule has 1 saturated heterocycles. The van der Waals surface area contributed by atoms with Crippen molar-refractivity contribution < 1.29 is 0 Å². The van der Waals surface area contributed by atoms with Crippen LogP contribution in [0.4, 0.5) is 11.5 Å². The van der Waals surface area contributed by atoms with Crippen molar-refractivity contribution in [3.63, 3.8) is 0 Å². The number of nitrogens with zero attached hydrogens (tertiary/aromatic N) is 4. The lowest BCUT2D eigenvalue weighted by Gasteiger charge is -2.37. The summed E-state index contributed by atoms with van der Waals surface area (Å²) in [5, 5.41) is 3.96. The molecule has 3 heterocycles. The van der Waals surface area contributed by atoms with Crippen molar-refractivity contribution in [2.75, 3.05) is 36.0 Å². The van der Waals surface area contributed by atoms with Crippen molar-refractivity contribution in [3.05, 3.63) is 71.1 Å². The van der Waals surface area contributed by atoms with E-state index in [4.69, 9.17) is 21.6 Å². The summed E-state index contributed by atoms with van der Waals surface area (Å²) in [4.78, 5) is 15.6. The second-order valence-electron chi connectivity index (χ2n) is 6.82. The Hall–Kier alpha value is -2.63. The smallest absolute Gasteiger partial charge is 0.172 e. The Morgan fingerprint density at radius 1 is 0.821 bits per heavy atom. The Morgan fingerprint density at radius 2 is 1.64 bits per heavy atom. The molecule has 0 N–H and O–H groups in total. The zero-order chi connectivity index (χ0) is 18.9. The van der Waals surface area contributed by atoms with Crippen LogP contribution < -0.4 is 9.80 Å². The van der Waals surface area contributed by atoms with Crippen molar-refractivity contribution in [1.82, 2.24) is 9.97 Å². The number of thiophene rings is 1. The Kier molecular flexibility index (Phi) is 4.63. The number of halogens is 1. The molecule has 4 aromatic rings. The molecule has 1 aliphatic rings. The molecule has 6 heteroatoms. The molecule has 2 aromatic carbocycles. The van der Waals surface area contributed by atoms with Crippen LogP contribution in [0.3, 0.4) is 0 Å². The van der Waals surface area contributed by atoms with Crippen LogP contribution in [0.1, 0.15) is 0 Å². The van der Waals surface area contributed by atoms with E-state index in [1.54, 1.807) is 11.3 Å². The van der Waals surface area contributed by atoms with Crippen molar-refractivity contribution >= 4 is 45.3 Å². The Bertz CT molecular complexity index is 1100. The topological polar surface area (TPSA) is 32.3 Å². The minimum Gasteiger partial charge on any atom is -0.368 e. The van der Waals surface area contributed by atoms with Gasteiger partial charge in [0.15, 0.2) is 5.82 Å². The third-order valence-electron chi connectivity index (χ3n) is 5.08. The molecule has 0 saturated carbocycles. The highest BCUT2D eigenvalue weighted by Crippen LogP contribution is 2.30. The number of anilines is 2. The largest absolute Gasteiger partial charge is 0.368 e. The second kappa shape index (κ2) is 7.41. The van der Waals surface area contributed by atoms with E-state index in [1.807, 2.05) is 30.3 Å². The van der Waals surface area contributed by atoms with Crippen LogP contribution >= 0.6 is 22.9 Å². The highest BCUT2D eigenvalue weighted by atomic mass is 35.5. The Morgan fingerprint density at radius 3 is 2.43 bits per heavy atom. The standard InChI is InChI=1S/C22H19ClN4S/c23-16-5-3-6-17(15-16)26-10-12-27(13-11-26)22-18-7-1-2-8-19(18)24-21(25-22)20-9-4-14-28-20/h1-9,14-15H,10-13H2. The van der Waals surface area contributed by atoms with Crippen LogP contribution in [0.5, 0.6) is 0 Å². The zero-order valence-corrected chi connectivity index (χ0v) is 16.8. The van der Waals surface area contributed by atoms with Crippen molar-refractivity contribution in [3.8, 4) is 10.7 Å². The van der Waals surface area contributed by atoms with Gasteiger partial charge in [-0.15, -0.1) is 11.3 Å². The van der Waals surface area contributed by atoms with Crippen LogP contribution in [0.2, 0.25) is 5.02 Å². The molecule has 2 aromatic heterocycles. The summed E-state index contributed by atoms with van der Waals surface area (Å²) in [7, 11) is 0. The van der Waals surface area contributed by atoms with Gasteiger partial charge < -0.3 is 9.80 Å². The first kappa shape index (κ1) is 17.5. The van der Waals surface area contributed by atoms with E-state index < -0.39 is 0 Å². The maximum Gasteiger partial charge on any atom is 0.172 e. The molecule has 0 unspecified atom stereocenters. The lowest BCUT2D eigenvalue weighted by atomic mass is 10.2. The van der Waals surface area contributed by atoms with Crippen LogP contribution in [0.25, 0.3) is 21.6 Å². The summed E-state index contributed by atoms with van der Waals surface area (Å²) in [6.07, 6.45) is 0. The first-order valence-corrected chi connectivity index (χ1v) is 10.6. The minimum atomic E-state index is 0.780. The first-order valence-electron chi connectivity index (χ1n) is 9.34. The Labute approximate surface area is 173 Å². The second-order valence-corrected chi connectivity index (χ2v) is 8.20. The fraction of sp³-hybridized carbons (Fsp3) is 0.182. The van der Waals surface area contributed by atoms with Gasteiger partial charge >= 0.3 is 0 Å². The maximum absolute atomic E-state index is 6.17. The monoisotopic (exact) mass is 406 g/mol. The van der Waals surface area contributed by atoms with Gasteiger partial charge in [-0.25, -0.2) is 9.97 Å². The first-order chi connectivity index (χ1) is 13.8. The zero-order valence-electron chi connectivity index (χ0n) is 15.3. The maximum atomic E-state index is 6.17. The third kappa shape index (κ3) is 3.32. The number of aromatic nitrogens is 2. The van der Waals surface area contributed by atoms with E-state index in [0.29, 0.717) is 0 Å². The van der Waals surface area contributed by atoms with Crippen LogP contribution in [0, 0.1) is 0 Å². The van der Waals surface area contributed by atoms with E-state index in [1.165, 1.54) is 5.69 Å². The highest BCUT2D eigenvalue weighted by Gasteiger charge is 2.21. The third-order valence-corrected chi connectivity index (χ3v) is 6.18. The molecule has 0 atom stereocenters. The van der Waals surface area contributed by atoms with Crippen LogP contribution in [-0.4, -0.2) is 36.1 Å². The Balaban J connectivity index is 1.46. The number of piperazine rings is 1. The molecule has 0 bridgehead atoms. The van der Waals surface area contributed by atoms with Gasteiger partial charge in [-0.1, -0.05) is 35.9 Å². The molecular formula is C22H19ClN4S. The molecule has 0 spiro atoms. The molecule has 28 heavy (non-hydrogen) atoms. The number of hydrogen-bond acceptors (Lipinski definition) is 5.